The molecule has 0 radical (unpaired) electrons. The van der Waals surface area contributed by atoms with Crippen LogP contribution >= 0.6 is 35.6 Å². The van der Waals surface area contributed by atoms with Gasteiger partial charge in [0.1, 0.15) is 22.7 Å². The number of carboxylic acid groups (broad SMARTS) is 1. The number of amides is 2. The lowest BCUT2D eigenvalue weighted by atomic mass is 10.1. The lowest BCUT2D eigenvalue weighted by molar-refractivity contribution is -0.145. The highest BCUT2D eigenvalue weighted by molar-refractivity contribution is 8.26. The lowest BCUT2D eigenvalue weighted by Gasteiger charge is -2.22. The normalized spacial score (nSPS) is 15.8. The number of carbonyl (C=O) groups is 3. The maximum atomic E-state index is 12.9. The molecule has 1 aliphatic heterocycles. The number of thiocarbonyl (C=S) groups is 1. The number of benzene rings is 2. The molecule has 0 aliphatic carbocycles. The Morgan fingerprint density at radius 1 is 1.25 bits per heavy atom. The van der Waals surface area contributed by atoms with Crippen molar-refractivity contribution < 1.29 is 24.2 Å². The highest BCUT2D eigenvalue weighted by Crippen LogP contribution is 2.35. The molecule has 2 aromatic rings. The second-order valence-electron chi connectivity index (χ2n) is 6.90. The summed E-state index contributed by atoms with van der Waals surface area (Å²) in [5.41, 5.74) is 6.77. The molecule has 1 aliphatic rings. The molecule has 0 spiro atoms. The number of aliphatic carboxylic acids is 1. The summed E-state index contributed by atoms with van der Waals surface area (Å²) < 4.78 is 5.93. The first kappa shape index (κ1) is 23.8. The van der Waals surface area contributed by atoms with Crippen molar-refractivity contribution in [1.82, 2.24) is 4.90 Å². The Morgan fingerprint density at radius 2 is 1.97 bits per heavy atom. The summed E-state index contributed by atoms with van der Waals surface area (Å²) in [5, 5.41) is 10.2. The van der Waals surface area contributed by atoms with Gasteiger partial charge < -0.3 is 15.6 Å². The largest absolute Gasteiger partial charge is 0.489 e. The SMILES string of the molecule is NC(=O)CCC(C(=O)O)N1C(=O)/C(=C/c2cccc(OCc3ccc(Cl)cc3)c2)SC1=S. The summed E-state index contributed by atoms with van der Waals surface area (Å²) in [4.78, 5) is 36.9. The van der Waals surface area contributed by atoms with Crippen molar-refractivity contribution in [2.45, 2.75) is 25.5 Å². The Hall–Kier alpha value is -2.88. The maximum Gasteiger partial charge on any atom is 0.326 e. The number of halogens is 1. The number of hydrogen-bond acceptors (Lipinski definition) is 6. The van der Waals surface area contributed by atoms with Gasteiger partial charge in [0.05, 0.1) is 4.91 Å². The van der Waals surface area contributed by atoms with Gasteiger partial charge in [0, 0.05) is 11.4 Å². The number of primary amides is 1. The first-order valence-corrected chi connectivity index (χ1v) is 11.1. The number of hydrogen-bond donors (Lipinski definition) is 2. The molecule has 0 bridgehead atoms. The van der Waals surface area contributed by atoms with Crippen molar-refractivity contribution in [3.8, 4) is 5.75 Å². The second kappa shape index (κ2) is 10.6. The third-order valence-electron chi connectivity index (χ3n) is 4.56. The minimum Gasteiger partial charge on any atom is -0.489 e. The summed E-state index contributed by atoms with van der Waals surface area (Å²) >= 11 is 12.1. The molecule has 1 saturated heterocycles. The molecule has 2 amide bonds. The van der Waals surface area contributed by atoms with Gasteiger partial charge in [-0.3, -0.25) is 14.5 Å². The van der Waals surface area contributed by atoms with Crippen LogP contribution in [0.3, 0.4) is 0 Å². The average Bonchev–Trinajstić information content (AvgIpc) is 3.01. The van der Waals surface area contributed by atoms with Crippen LogP contribution in [0.5, 0.6) is 5.75 Å². The van der Waals surface area contributed by atoms with Crippen molar-refractivity contribution in [2.75, 3.05) is 0 Å². The predicted octanol–water partition coefficient (Wildman–Crippen LogP) is 3.84. The van der Waals surface area contributed by atoms with Gasteiger partial charge >= 0.3 is 5.97 Å². The predicted molar refractivity (Wildman–Crippen MR) is 127 cm³/mol. The smallest absolute Gasteiger partial charge is 0.326 e. The van der Waals surface area contributed by atoms with Crippen LogP contribution in [0.15, 0.2) is 53.4 Å². The molecule has 1 heterocycles. The first-order valence-electron chi connectivity index (χ1n) is 9.50. The third kappa shape index (κ3) is 6.09. The van der Waals surface area contributed by atoms with E-state index in [1.54, 1.807) is 42.5 Å². The van der Waals surface area contributed by atoms with E-state index in [0.717, 1.165) is 22.2 Å². The molecule has 0 saturated carbocycles. The van der Waals surface area contributed by atoms with E-state index >= 15 is 0 Å². The van der Waals surface area contributed by atoms with Crippen LogP contribution in [0, 0.1) is 0 Å². The molecule has 1 atom stereocenters. The van der Waals surface area contributed by atoms with Crippen molar-refractivity contribution in [2.24, 2.45) is 5.73 Å². The van der Waals surface area contributed by atoms with E-state index in [-0.39, 0.29) is 22.1 Å². The fourth-order valence-corrected chi connectivity index (χ4v) is 4.47. The van der Waals surface area contributed by atoms with Crippen LogP contribution < -0.4 is 10.5 Å². The van der Waals surface area contributed by atoms with Crippen LogP contribution in [0.25, 0.3) is 6.08 Å². The Bertz CT molecular complexity index is 1090. The molecule has 7 nitrogen and oxygen atoms in total. The van der Waals surface area contributed by atoms with Crippen molar-refractivity contribution in [3.63, 3.8) is 0 Å². The van der Waals surface area contributed by atoms with E-state index in [2.05, 4.69) is 0 Å². The van der Waals surface area contributed by atoms with Crippen molar-refractivity contribution >= 4 is 63.8 Å². The van der Waals surface area contributed by atoms with Crippen LogP contribution in [-0.4, -0.2) is 38.2 Å². The summed E-state index contributed by atoms with van der Waals surface area (Å²) in [6.07, 6.45) is 1.35. The molecule has 3 N–H and O–H groups in total. The van der Waals surface area contributed by atoms with E-state index in [1.807, 2.05) is 12.1 Å². The van der Waals surface area contributed by atoms with Crippen LogP contribution in [0.1, 0.15) is 24.0 Å². The quantitative estimate of drug-likeness (QED) is 0.406. The zero-order valence-electron chi connectivity index (χ0n) is 16.7. The number of thioether (sulfide) groups is 1. The van der Waals surface area contributed by atoms with E-state index in [1.165, 1.54) is 0 Å². The van der Waals surface area contributed by atoms with E-state index in [4.69, 9.17) is 34.3 Å². The van der Waals surface area contributed by atoms with Gasteiger partial charge in [0.2, 0.25) is 5.91 Å². The van der Waals surface area contributed by atoms with Gasteiger partial charge in [-0.1, -0.05) is 59.8 Å². The number of nitrogens with zero attached hydrogens (tertiary/aromatic N) is 1. The Labute approximate surface area is 199 Å². The summed E-state index contributed by atoms with van der Waals surface area (Å²) in [6.45, 7) is 0.350. The van der Waals surface area contributed by atoms with Crippen LogP contribution in [0.2, 0.25) is 5.02 Å². The molecule has 1 unspecified atom stereocenters. The van der Waals surface area contributed by atoms with Crippen LogP contribution in [-0.2, 0) is 21.0 Å². The van der Waals surface area contributed by atoms with Gasteiger partial charge in [-0.05, 0) is 47.9 Å². The lowest BCUT2D eigenvalue weighted by Crippen LogP contribution is -2.44. The van der Waals surface area contributed by atoms with Crippen molar-refractivity contribution in [1.29, 1.82) is 0 Å². The second-order valence-corrected chi connectivity index (χ2v) is 9.01. The molecule has 10 heteroatoms. The molecule has 166 valence electrons. The number of rotatable bonds is 9. The number of nitrogens with two attached hydrogens (primary N) is 1. The summed E-state index contributed by atoms with van der Waals surface area (Å²) in [5.74, 6) is -1.81. The highest BCUT2D eigenvalue weighted by atomic mass is 35.5. The molecule has 2 aromatic carbocycles. The Kier molecular flexibility index (Phi) is 7.89. The van der Waals surface area contributed by atoms with Crippen molar-refractivity contribution in [3.05, 3.63) is 69.6 Å². The topological polar surface area (TPSA) is 110 Å². The molecular weight excluding hydrogens is 472 g/mol. The minimum absolute atomic E-state index is 0.113. The highest BCUT2D eigenvalue weighted by Gasteiger charge is 2.40. The molecule has 32 heavy (non-hydrogen) atoms. The first-order chi connectivity index (χ1) is 15.2. The van der Waals surface area contributed by atoms with Gasteiger partial charge in [-0.25, -0.2) is 4.79 Å². The fraction of sp³-hybridized carbons (Fsp3) is 0.182. The number of carboxylic acids is 1. The van der Waals surface area contributed by atoms with Gasteiger partial charge in [-0.15, -0.1) is 0 Å². The van der Waals surface area contributed by atoms with E-state index < -0.39 is 23.8 Å². The molecular formula is C22H19ClN2O5S2. The molecule has 0 aromatic heterocycles. The summed E-state index contributed by atoms with van der Waals surface area (Å²) in [7, 11) is 0. The number of carbonyl (C=O) groups excluding carboxylic acids is 2. The van der Waals surface area contributed by atoms with E-state index in [9.17, 15) is 19.5 Å². The summed E-state index contributed by atoms with van der Waals surface area (Å²) in [6, 6.07) is 13.2. The third-order valence-corrected chi connectivity index (χ3v) is 6.14. The van der Waals surface area contributed by atoms with Gasteiger partial charge in [-0.2, -0.15) is 0 Å². The fourth-order valence-electron chi connectivity index (χ4n) is 2.98. The maximum absolute atomic E-state index is 12.9. The van der Waals surface area contributed by atoms with Crippen LogP contribution in [0.4, 0.5) is 0 Å². The van der Waals surface area contributed by atoms with Gasteiger partial charge in [0.25, 0.3) is 5.91 Å². The Balaban J connectivity index is 1.73. The number of ether oxygens (including phenoxy) is 1. The molecule has 1 fully saturated rings. The Morgan fingerprint density at radius 3 is 2.62 bits per heavy atom. The monoisotopic (exact) mass is 490 g/mol. The zero-order valence-corrected chi connectivity index (χ0v) is 19.1. The minimum atomic E-state index is -1.25. The standard InChI is InChI=1S/C22H19ClN2O5S2/c23-15-6-4-13(5-7-15)12-30-16-3-1-2-14(10-16)11-18-20(27)25(22(31)32-18)17(21(28)29)8-9-19(24)26/h1-7,10-11,17H,8-9,12H2,(H2,24,26)(H,28,29)/b18-11-. The average molecular weight is 491 g/mol. The van der Waals surface area contributed by atoms with Gasteiger partial charge in [0.15, 0.2) is 0 Å². The van der Waals surface area contributed by atoms with E-state index in [0.29, 0.717) is 22.9 Å². The molecule has 3 rings (SSSR count). The zero-order chi connectivity index (χ0) is 23.3.